The summed E-state index contributed by atoms with van der Waals surface area (Å²) in [5.41, 5.74) is 2.15. The number of rotatable bonds is 3. The van der Waals surface area contributed by atoms with Crippen molar-refractivity contribution in [1.82, 2.24) is 0 Å². The van der Waals surface area contributed by atoms with Crippen molar-refractivity contribution in [2.24, 2.45) is 0 Å². The molecule has 0 aromatic heterocycles. The minimum absolute atomic E-state index is 0.137. The molecule has 0 radical (unpaired) electrons. The fourth-order valence-electron chi connectivity index (χ4n) is 2.46. The van der Waals surface area contributed by atoms with Crippen molar-refractivity contribution in [2.75, 3.05) is 7.11 Å². The van der Waals surface area contributed by atoms with Crippen LogP contribution in [0.1, 0.15) is 17.2 Å². The van der Waals surface area contributed by atoms with Crippen LogP contribution in [0.15, 0.2) is 47.4 Å². The predicted molar refractivity (Wildman–Crippen MR) is 82.8 cm³/mol. The van der Waals surface area contributed by atoms with Gasteiger partial charge in [-0.25, -0.2) is 0 Å². The second kappa shape index (κ2) is 5.68. The smallest absolute Gasteiger partial charge is 0.137 e. The number of hydrogen-bond acceptors (Lipinski definition) is 3. The zero-order chi connectivity index (χ0) is 14.1. The molecule has 2 aromatic rings. The molecule has 0 fully saturated rings. The minimum Gasteiger partial charge on any atom is -0.495 e. The van der Waals surface area contributed by atoms with Gasteiger partial charge >= 0.3 is 0 Å². The summed E-state index contributed by atoms with van der Waals surface area (Å²) in [6.07, 6.45) is 0.353. The number of hydrogen-bond donors (Lipinski definition) is 1. The lowest BCUT2D eigenvalue weighted by atomic mass is 10.0. The molecule has 20 heavy (non-hydrogen) atoms. The normalized spacial score (nSPS) is 18.6. The van der Waals surface area contributed by atoms with E-state index < -0.39 is 6.10 Å². The standard InChI is InChI=1S/C16H15ClO2S/c1-19-13-8-11(6-7-12(13)17)16(18)15-9-10-4-2-3-5-14(10)20-15/h2-8,15-16,18H,9H2,1H3. The van der Waals surface area contributed by atoms with Crippen LogP contribution in [0.25, 0.3) is 0 Å². The van der Waals surface area contributed by atoms with Crippen LogP contribution in [0.2, 0.25) is 5.02 Å². The van der Waals surface area contributed by atoms with Gasteiger partial charge in [0.1, 0.15) is 5.75 Å². The van der Waals surface area contributed by atoms with Crippen molar-refractivity contribution in [1.29, 1.82) is 0 Å². The Morgan fingerprint density at radius 1 is 1.30 bits per heavy atom. The van der Waals surface area contributed by atoms with E-state index in [1.165, 1.54) is 10.5 Å². The van der Waals surface area contributed by atoms with E-state index in [2.05, 4.69) is 12.1 Å². The summed E-state index contributed by atoms with van der Waals surface area (Å²) in [5, 5.41) is 11.3. The first-order valence-electron chi connectivity index (χ1n) is 6.45. The summed E-state index contributed by atoms with van der Waals surface area (Å²) in [6, 6.07) is 13.7. The molecular formula is C16H15ClO2S. The van der Waals surface area contributed by atoms with Crippen LogP contribution in [0.3, 0.4) is 0 Å². The molecule has 3 rings (SSSR count). The number of aliphatic hydroxyl groups excluding tert-OH is 1. The van der Waals surface area contributed by atoms with E-state index >= 15 is 0 Å². The summed E-state index contributed by atoms with van der Waals surface area (Å²) >= 11 is 7.75. The van der Waals surface area contributed by atoms with Gasteiger partial charge in [-0.2, -0.15) is 0 Å². The Kier molecular flexibility index (Phi) is 3.92. The molecule has 0 amide bonds. The highest BCUT2D eigenvalue weighted by atomic mass is 35.5. The summed E-state index contributed by atoms with van der Waals surface area (Å²) < 4.78 is 5.21. The van der Waals surface area contributed by atoms with Crippen molar-refractivity contribution >= 4 is 23.4 Å². The largest absolute Gasteiger partial charge is 0.495 e. The second-order valence-corrected chi connectivity index (χ2v) is 6.50. The second-order valence-electron chi connectivity index (χ2n) is 4.81. The zero-order valence-corrected chi connectivity index (χ0v) is 12.6. The van der Waals surface area contributed by atoms with Crippen LogP contribution in [0, 0.1) is 0 Å². The van der Waals surface area contributed by atoms with Gasteiger partial charge in [0.25, 0.3) is 0 Å². The molecule has 2 unspecified atom stereocenters. The van der Waals surface area contributed by atoms with Crippen LogP contribution in [0.4, 0.5) is 0 Å². The Morgan fingerprint density at radius 3 is 2.85 bits per heavy atom. The number of thioether (sulfide) groups is 1. The van der Waals surface area contributed by atoms with E-state index in [-0.39, 0.29) is 5.25 Å². The van der Waals surface area contributed by atoms with Crippen molar-refractivity contribution in [3.05, 3.63) is 58.6 Å². The van der Waals surface area contributed by atoms with Crippen LogP contribution in [-0.4, -0.2) is 17.5 Å². The first-order chi connectivity index (χ1) is 9.69. The third-order valence-corrected chi connectivity index (χ3v) is 5.23. The highest BCUT2D eigenvalue weighted by molar-refractivity contribution is 8.00. The lowest BCUT2D eigenvalue weighted by Gasteiger charge is -2.18. The zero-order valence-electron chi connectivity index (χ0n) is 11.0. The average molecular weight is 307 g/mol. The van der Waals surface area contributed by atoms with Gasteiger partial charge in [0.05, 0.1) is 18.2 Å². The van der Waals surface area contributed by atoms with Crippen molar-refractivity contribution < 1.29 is 9.84 Å². The number of methoxy groups -OCH3 is 1. The molecule has 0 aliphatic carbocycles. The average Bonchev–Trinajstić information content (AvgIpc) is 2.91. The third-order valence-electron chi connectivity index (χ3n) is 3.54. The summed E-state index contributed by atoms with van der Waals surface area (Å²) in [4.78, 5) is 1.26. The van der Waals surface area contributed by atoms with Crippen LogP contribution < -0.4 is 4.74 Å². The van der Waals surface area contributed by atoms with Gasteiger partial charge in [-0.05, 0) is 35.7 Å². The molecule has 1 heterocycles. The highest BCUT2D eigenvalue weighted by Crippen LogP contribution is 2.43. The minimum atomic E-state index is -0.529. The summed E-state index contributed by atoms with van der Waals surface area (Å²) in [5.74, 6) is 0.601. The molecule has 1 aliphatic rings. The lowest BCUT2D eigenvalue weighted by molar-refractivity contribution is 0.175. The van der Waals surface area contributed by atoms with Gasteiger partial charge in [0.2, 0.25) is 0 Å². The van der Waals surface area contributed by atoms with Gasteiger partial charge in [-0.1, -0.05) is 35.9 Å². The summed E-state index contributed by atoms with van der Waals surface area (Å²) in [7, 11) is 1.58. The lowest BCUT2D eigenvalue weighted by Crippen LogP contribution is -2.14. The first-order valence-corrected chi connectivity index (χ1v) is 7.71. The fourth-order valence-corrected chi connectivity index (χ4v) is 3.99. The number of halogens is 1. The number of fused-ring (bicyclic) bond motifs is 1. The topological polar surface area (TPSA) is 29.5 Å². The Morgan fingerprint density at radius 2 is 2.10 bits per heavy atom. The molecule has 0 spiro atoms. The van der Waals surface area contributed by atoms with E-state index in [4.69, 9.17) is 16.3 Å². The molecular weight excluding hydrogens is 292 g/mol. The Bertz CT molecular complexity index is 605. The number of benzene rings is 2. The van der Waals surface area contributed by atoms with Gasteiger partial charge in [-0.15, -0.1) is 11.8 Å². The Hall–Kier alpha value is -1.16. The van der Waals surface area contributed by atoms with E-state index in [9.17, 15) is 5.11 Å². The molecule has 4 heteroatoms. The Balaban J connectivity index is 1.82. The molecule has 1 N–H and O–H groups in total. The van der Waals surface area contributed by atoms with E-state index in [1.54, 1.807) is 24.9 Å². The van der Waals surface area contributed by atoms with Crippen molar-refractivity contribution in [3.8, 4) is 5.75 Å². The molecule has 0 saturated heterocycles. The van der Waals surface area contributed by atoms with Crippen LogP contribution >= 0.6 is 23.4 Å². The first kappa shape index (κ1) is 13.8. The maximum absolute atomic E-state index is 10.6. The molecule has 0 bridgehead atoms. The van der Waals surface area contributed by atoms with Crippen LogP contribution in [-0.2, 0) is 6.42 Å². The van der Waals surface area contributed by atoms with Crippen LogP contribution in [0.5, 0.6) is 5.75 Å². The molecule has 1 aliphatic heterocycles. The highest BCUT2D eigenvalue weighted by Gasteiger charge is 2.29. The van der Waals surface area contributed by atoms with E-state index in [0.717, 1.165) is 12.0 Å². The van der Waals surface area contributed by atoms with Crippen molar-refractivity contribution in [3.63, 3.8) is 0 Å². The molecule has 0 saturated carbocycles. The quantitative estimate of drug-likeness (QED) is 0.926. The molecule has 2 aromatic carbocycles. The molecule has 2 nitrogen and oxygen atoms in total. The SMILES string of the molecule is COc1cc(C(O)C2Cc3ccccc3S2)ccc1Cl. The van der Waals surface area contributed by atoms with E-state index in [0.29, 0.717) is 10.8 Å². The predicted octanol–water partition coefficient (Wildman–Crippen LogP) is 4.10. The monoisotopic (exact) mass is 306 g/mol. The maximum Gasteiger partial charge on any atom is 0.137 e. The fraction of sp³-hybridized carbons (Fsp3) is 0.250. The van der Waals surface area contributed by atoms with Gasteiger partial charge < -0.3 is 9.84 Å². The van der Waals surface area contributed by atoms with Gasteiger partial charge in [0.15, 0.2) is 0 Å². The Labute approximate surface area is 127 Å². The number of aliphatic hydroxyl groups is 1. The third kappa shape index (κ3) is 2.53. The maximum atomic E-state index is 10.6. The van der Waals surface area contributed by atoms with E-state index in [1.807, 2.05) is 24.3 Å². The van der Waals surface area contributed by atoms with Gasteiger partial charge in [-0.3, -0.25) is 0 Å². The molecule has 104 valence electrons. The number of ether oxygens (including phenoxy) is 1. The summed E-state index contributed by atoms with van der Waals surface area (Å²) in [6.45, 7) is 0. The molecule has 2 atom stereocenters. The van der Waals surface area contributed by atoms with Gasteiger partial charge in [0, 0.05) is 10.1 Å². The van der Waals surface area contributed by atoms with Crippen molar-refractivity contribution in [2.45, 2.75) is 22.7 Å².